The van der Waals surface area contributed by atoms with Gasteiger partial charge in [-0.05, 0) is 60.7 Å². The van der Waals surface area contributed by atoms with E-state index in [1.54, 1.807) is 0 Å². The van der Waals surface area contributed by atoms with E-state index in [9.17, 15) is 177 Å². The topological polar surface area (TPSA) is 933 Å². The van der Waals surface area contributed by atoms with Gasteiger partial charge in [0.25, 0.3) is 0 Å². The van der Waals surface area contributed by atoms with Gasteiger partial charge in [0.05, 0.1) is 50.1 Å². The smallest absolute Gasteiger partial charge is 0.347 e. The van der Waals surface area contributed by atoms with E-state index in [1.165, 1.54) is 0 Å². The standard InChI is InChI=1S/C89H58O56/c90-28-1-17(2-29(91)50(28)102)77(120)131-15-42-72(74-75(88(135-42)144-78(121)18-3-30(92)51(103)31(93)4-18)142-83(126)23-10-37(99)56(108)63(115)47(23)49-25(84(127)141-74)14-41-70(65(49)117)137-86(129)27-12-39(101)58(110)67(119)69(27)134-41)139-87(130)26-11-38(100)57(109)66(118)68(26)133-40-13-24-48(64(116)59(40)111)46-22(9-36(98)55(107)62(46)114)82(125)140-73-71-43(136-89(76(73)143-85(24)128)145-79(122)19-5-32(94)52(104)33(95)6-19)16-132-80(123)20-7-34(96)53(105)60(112)44(20)45-21(81(124)138-71)8-35(97)54(106)61(45)113/h1-14,42-43,71-76,88-119H,15-16H2/t42-,43-,71+,72+,73-,74-,75+,76-,88+,89-/m1/s1. The van der Waals surface area contributed by atoms with Gasteiger partial charge in [0.1, 0.15) is 36.5 Å². The summed E-state index contributed by atoms with van der Waals surface area (Å²) in [4.78, 5) is 166. The van der Waals surface area contributed by atoms with E-state index in [2.05, 4.69) is 0 Å². The first-order valence-electron chi connectivity index (χ1n) is 40.2. The van der Waals surface area contributed by atoms with Gasteiger partial charge in [-0.1, -0.05) is 0 Å². The van der Waals surface area contributed by atoms with Crippen molar-refractivity contribution in [3.63, 3.8) is 0 Å². The third kappa shape index (κ3) is 15.9. The van der Waals surface area contributed by atoms with Crippen molar-refractivity contribution < 1.29 is 277 Å². The molecular weight excluding hydrogens is 1960 g/mol. The first-order valence-corrected chi connectivity index (χ1v) is 40.2. The molecule has 6 aliphatic heterocycles. The lowest BCUT2D eigenvalue weighted by molar-refractivity contribution is -0.283. The predicted molar refractivity (Wildman–Crippen MR) is 447 cm³/mol. The molecule has 2 saturated heterocycles. The minimum Gasteiger partial charge on any atom is -0.504 e. The largest absolute Gasteiger partial charge is 0.504 e. The molecule has 56 heteroatoms. The number of ether oxygens (including phenoxy) is 15. The van der Waals surface area contributed by atoms with E-state index in [0.717, 1.165) is 0 Å². The van der Waals surface area contributed by atoms with Crippen LogP contribution in [-0.2, 0) is 56.8 Å². The van der Waals surface area contributed by atoms with Crippen molar-refractivity contribution in [2.24, 2.45) is 0 Å². The first kappa shape index (κ1) is 95.8. The van der Waals surface area contributed by atoms with Crippen molar-refractivity contribution in [1.82, 2.24) is 0 Å². The van der Waals surface area contributed by atoms with E-state index in [1.807, 2.05) is 0 Å². The minimum atomic E-state index is -3.14. The highest BCUT2D eigenvalue weighted by molar-refractivity contribution is 6.13. The normalized spacial score (nSPS) is 19.2. The second-order valence-electron chi connectivity index (χ2n) is 31.5. The lowest BCUT2D eigenvalue weighted by Gasteiger charge is -2.44. The molecule has 2 fully saturated rings. The fourth-order valence-corrected chi connectivity index (χ4v) is 15.8. The average Bonchev–Trinajstić information content (AvgIpc) is 1.70. The zero-order chi connectivity index (χ0) is 105. The number of esters is 11. The Morgan fingerprint density at radius 2 is 0.614 bits per heavy atom. The van der Waals surface area contributed by atoms with Crippen LogP contribution in [0.4, 0.5) is 0 Å². The zero-order valence-electron chi connectivity index (χ0n) is 70.8. The molecule has 0 saturated carbocycles. The number of carbonyl (C=O) groups is 11. The molecule has 6 aliphatic rings. The van der Waals surface area contributed by atoms with Crippen LogP contribution in [-0.4, -0.2) is 293 Å². The van der Waals surface area contributed by atoms with Gasteiger partial charge >= 0.3 is 65.7 Å². The monoisotopic (exact) mass is 2020 g/mol. The molecule has 750 valence electrons. The molecule has 0 aromatic heterocycles. The Morgan fingerprint density at radius 3 is 1.06 bits per heavy atom. The van der Waals surface area contributed by atoms with Gasteiger partial charge in [0, 0.05) is 57.6 Å². The molecule has 10 atom stereocenters. The Balaban J connectivity index is 0.828. The Kier molecular flexibility index (Phi) is 23.1. The maximum absolute atomic E-state index is 16.0. The molecule has 0 radical (unpaired) electrons. The Hall–Kier alpha value is -20.9. The number of phenols is 30. The van der Waals surface area contributed by atoms with Crippen LogP contribution in [0.15, 0.2) is 84.9 Å². The second-order valence-corrected chi connectivity index (χ2v) is 31.5. The van der Waals surface area contributed by atoms with E-state index in [-0.39, 0.29) is 30.3 Å². The molecule has 0 amide bonds. The quantitative estimate of drug-likeness (QED) is 0.0360. The number of aromatic hydroxyl groups is 30. The molecule has 0 unspecified atom stereocenters. The number of rotatable bonds is 11. The summed E-state index contributed by atoms with van der Waals surface area (Å²) in [5, 5.41) is 334. The van der Waals surface area contributed by atoms with Crippen molar-refractivity contribution in [3.05, 3.63) is 146 Å². The molecule has 145 heavy (non-hydrogen) atoms. The van der Waals surface area contributed by atoms with Gasteiger partial charge in [0.15, 0.2) is 168 Å². The summed E-state index contributed by atoms with van der Waals surface area (Å²) in [6.07, 6.45) is -29.4. The molecular formula is C89H58O56. The van der Waals surface area contributed by atoms with Gasteiger partial charge < -0.3 is 224 Å². The third-order valence-electron chi connectivity index (χ3n) is 22.8. The summed E-state index contributed by atoms with van der Waals surface area (Å²) in [6.45, 7) is -3.25. The van der Waals surface area contributed by atoms with Gasteiger partial charge in [-0.25, -0.2) is 52.7 Å². The summed E-state index contributed by atoms with van der Waals surface area (Å²) in [5.41, 5.74) is -22.6. The Labute approximate surface area is 795 Å². The average molecular weight is 2020 g/mol. The summed E-state index contributed by atoms with van der Waals surface area (Å²) < 4.78 is 86.4. The van der Waals surface area contributed by atoms with Gasteiger partial charge in [-0.2, -0.15) is 0 Å². The van der Waals surface area contributed by atoms with Crippen LogP contribution < -0.4 is 14.2 Å². The molecule has 56 nitrogen and oxygen atoms in total. The number of phenolic OH excluding ortho intramolecular Hbond substituents is 30. The van der Waals surface area contributed by atoms with Crippen molar-refractivity contribution in [1.29, 1.82) is 0 Å². The number of cyclic esters (lactones) is 1. The minimum absolute atomic E-state index is 0.0282. The predicted octanol–water partition coefficient (Wildman–Crippen LogP) is 4.74. The van der Waals surface area contributed by atoms with E-state index in [4.69, 9.17) is 71.1 Å². The fourth-order valence-electron chi connectivity index (χ4n) is 15.8. The lowest BCUT2D eigenvalue weighted by atomic mass is 9.90. The Bertz CT molecular complexity index is 7570. The highest BCUT2D eigenvalue weighted by Gasteiger charge is 2.59. The van der Waals surface area contributed by atoms with E-state index in [0.29, 0.717) is 54.6 Å². The molecule has 0 aliphatic carbocycles. The molecule has 11 aromatic carbocycles. The van der Waals surface area contributed by atoms with Crippen LogP contribution in [0.25, 0.3) is 33.4 Å². The van der Waals surface area contributed by atoms with Gasteiger partial charge in [-0.3, -0.25) is 0 Å². The van der Waals surface area contributed by atoms with Crippen LogP contribution in [0.1, 0.15) is 114 Å². The lowest BCUT2D eigenvalue weighted by Crippen LogP contribution is -2.63. The summed E-state index contributed by atoms with van der Waals surface area (Å²) in [5.74, 6) is -75.7. The molecule has 11 aromatic rings. The molecule has 0 bridgehead atoms. The van der Waals surface area contributed by atoms with Crippen molar-refractivity contribution >= 4 is 65.7 Å². The van der Waals surface area contributed by atoms with Crippen LogP contribution in [0.5, 0.6) is 201 Å². The number of carbonyl (C=O) groups excluding carboxylic acids is 11. The van der Waals surface area contributed by atoms with Crippen LogP contribution >= 0.6 is 0 Å². The maximum atomic E-state index is 16.0. The summed E-state index contributed by atoms with van der Waals surface area (Å²) in [7, 11) is 0. The molecule has 17 rings (SSSR count). The van der Waals surface area contributed by atoms with Crippen LogP contribution in [0, 0.1) is 0 Å². The number of hydrogen-bond donors (Lipinski definition) is 30. The molecule has 30 N–H and O–H groups in total. The van der Waals surface area contributed by atoms with Crippen molar-refractivity contribution in [3.8, 4) is 235 Å². The molecule has 0 spiro atoms. The van der Waals surface area contributed by atoms with E-state index < -0.39 is 436 Å². The molecule has 6 heterocycles. The fraction of sp³-hybridized carbons (Fsp3) is 0.135. The highest BCUT2D eigenvalue weighted by atomic mass is 16.8. The van der Waals surface area contributed by atoms with Crippen LogP contribution in [0.2, 0.25) is 0 Å². The van der Waals surface area contributed by atoms with Crippen molar-refractivity contribution in [2.45, 2.75) is 61.4 Å². The first-order chi connectivity index (χ1) is 68.3. The SMILES string of the molecule is O=C(OC[C@H]1O[C@@H](OC(=O)c2cc(O)c(O)c(O)c2)[C@H]2OC(=O)c3cc(O)c(O)c(O)c3-c3c(cc4c(c3O)OC(=O)c3cc(O)c(O)c(O)c3O4)C(=O)O[C@@H]2[C@H]1OC(=O)c1cc(O)c(O)c(O)c1Oc1cc2c(c(O)c1O)-c1c(cc(O)c(O)c1O)C(=O)O[C@@H]1[C@H]3OC(=O)c4cc(O)c(O)c(O)c4-c4c(cc(O)c(O)c4O)C(=O)OC[C@H]3O[C@H](OC(=O)c3cc(O)c(O)c(O)c3)[C@@H]1OC2=O)c1cc(O)c(O)c(O)c1. The second kappa shape index (κ2) is 35.0. The number of benzene rings is 11. The van der Waals surface area contributed by atoms with E-state index >= 15 is 28.8 Å². The van der Waals surface area contributed by atoms with Gasteiger partial charge in [-0.15, -0.1) is 0 Å². The zero-order valence-corrected chi connectivity index (χ0v) is 70.8. The highest BCUT2D eigenvalue weighted by Crippen LogP contribution is 2.62. The maximum Gasteiger partial charge on any atom is 0.347 e. The Morgan fingerprint density at radius 1 is 0.276 bits per heavy atom. The summed E-state index contributed by atoms with van der Waals surface area (Å²) >= 11 is 0. The number of hydrogen-bond acceptors (Lipinski definition) is 56. The van der Waals surface area contributed by atoms with Crippen molar-refractivity contribution in [2.75, 3.05) is 13.2 Å². The van der Waals surface area contributed by atoms with Gasteiger partial charge in [0.2, 0.25) is 82.3 Å². The number of fused-ring (bicyclic) bond motifs is 15. The third-order valence-corrected chi connectivity index (χ3v) is 22.8. The van der Waals surface area contributed by atoms with Crippen LogP contribution in [0.3, 0.4) is 0 Å². The summed E-state index contributed by atoms with van der Waals surface area (Å²) in [6, 6.07) is 4.26.